The molecule has 1 atom stereocenters. The Hall–Kier alpha value is -2.09. The molecule has 0 spiro atoms. The van der Waals surface area contributed by atoms with Crippen LogP contribution in [0, 0.1) is 5.92 Å². The number of carbonyl (C=O) groups is 1. The van der Waals surface area contributed by atoms with Crippen molar-refractivity contribution < 1.29 is 4.79 Å². The van der Waals surface area contributed by atoms with Crippen LogP contribution in [0.4, 0.5) is 0 Å². The predicted molar refractivity (Wildman–Crippen MR) is 82.8 cm³/mol. The molecule has 2 rings (SSSR count). The van der Waals surface area contributed by atoms with Gasteiger partial charge in [0.2, 0.25) is 5.91 Å². The van der Waals surface area contributed by atoms with Crippen LogP contribution in [0.3, 0.4) is 0 Å². The number of allylic oxidation sites excluding steroid dienone is 3. The van der Waals surface area contributed by atoms with E-state index in [4.69, 9.17) is 0 Å². The Bertz CT molecular complexity index is 528. The van der Waals surface area contributed by atoms with Crippen molar-refractivity contribution in [2.75, 3.05) is 0 Å². The molecule has 0 unspecified atom stereocenters. The first kappa shape index (κ1) is 14.3. The number of hydrogen-bond donors (Lipinski definition) is 0. The first-order chi connectivity index (χ1) is 9.72. The average molecular weight is 267 g/mol. The molecule has 0 saturated carbocycles. The first-order valence-corrected chi connectivity index (χ1v) is 7.02. The van der Waals surface area contributed by atoms with Crippen molar-refractivity contribution in [1.29, 1.82) is 0 Å². The molecule has 0 radical (unpaired) electrons. The van der Waals surface area contributed by atoms with E-state index < -0.39 is 0 Å². The summed E-state index contributed by atoms with van der Waals surface area (Å²) in [6, 6.07) is 10.1. The zero-order valence-electron chi connectivity index (χ0n) is 12.0. The zero-order chi connectivity index (χ0) is 14.4. The molecule has 0 saturated heterocycles. The highest BCUT2D eigenvalue weighted by Gasteiger charge is 2.27. The number of rotatable bonds is 5. The number of carbonyl (C=O) groups excluding carboxylic acids is 1. The smallest absolute Gasteiger partial charge is 0.234 e. The molecule has 1 aromatic carbocycles. The predicted octanol–water partition coefficient (Wildman–Crippen LogP) is 4.07. The minimum atomic E-state index is 0.0353. The Kier molecular flexibility index (Phi) is 4.94. The Morgan fingerprint density at radius 2 is 2.15 bits per heavy atom. The minimum absolute atomic E-state index is 0.0353. The van der Waals surface area contributed by atoms with E-state index in [0.29, 0.717) is 6.54 Å². The second kappa shape index (κ2) is 6.90. The molecule has 0 N–H and O–H groups in total. The number of hydrogen-bond acceptors (Lipinski definition) is 1. The van der Waals surface area contributed by atoms with Crippen molar-refractivity contribution in [3.8, 4) is 0 Å². The number of benzene rings is 1. The maximum atomic E-state index is 12.7. The van der Waals surface area contributed by atoms with E-state index in [1.165, 1.54) is 5.57 Å². The van der Waals surface area contributed by atoms with Crippen LogP contribution < -0.4 is 0 Å². The van der Waals surface area contributed by atoms with Gasteiger partial charge in [-0.05, 0) is 31.4 Å². The second-order valence-electron chi connectivity index (χ2n) is 5.11. The second-order valence-corrected chi connectivity index (χ2v) is 5.11. The largest absolute Gasteiger partial charge is 0.314 e. The van der Waals surface area contributed by atoms with Crippen LogP contribution in [-0.2, 0) is 11.3 Å². The molecule has 1 aliphatic rings. The lowest BCUT2D eigenvalue weighted by Gasteiger charge is -2.23. The van der Waals surface area contributed by atoms with Gasteiger partial charge in [-0.3, -0.25) is 4.79 Å². The Balaban J connectivity index is 2.15. The van der Waals surface area contributed by atoms with E-state index in [1.54, 1.807) is 11.0 Å². The maximum Gasteiger partial charge on any atom is 0.234 e. The van der Waals surface area contributed by atoms with Crippen LogP contribution in [0.15, 0.2) is 66.9 Å². The van der Waals surface area contributed by atoms with Crippen molar-refractivity contribution in [2.45, 2.75) is 26.3 Å². The quantitative estimate of drug-likeness (QED) is 0.581. The van der Waals surface area contributed by atoms with Crippen LogP contribution in [0.1, 0.15) is 25.3 Å². The summed E-state index contributed by atoms with van der Waals surface area (Å²) in [7, 11) is 0. The minimum Gasteiger partial charge on any atom is -0.314 e. The van der Waals surface area contributed by atoms with Crippen molar-refractivity contribution in [1.82, 2.24) is 4.90 Å². The van der Waals surface area contributed by atoms with Gasteiger partial charge >= 0.3 is 0 Å². The monoisotopic (exact) mass is 267 g/mol. The molecular weight excluding hydrogens is 246 g/mol. The fourth-order valence-corrected chi connectivity index (χ4v) is 2.51. The van der Waals surface area contributed by atoms with E-state index in [2.05, 4.69) is 12.7 Å². The molecule has 2 heteroatoms. The van der Waals surface area contributed by atoms with Gasteiger partial charge < -0.3 is 4.90 Å². The topological polar surface area (TPSA) is 20.3 Å². The molecule has 1 aromatic rings. The highest BCUT2D eigenvalue weighted by molar-refractivity contribution is 5.83. The number of amides is 1. The van der Waals surface area contributed by atoms with Gasteiger partial charge in [0, 0.05) is 6.20 Å². The molecule has 0 bridgehead atoms. The Morgan fingerprint density at radius 3 is 2.75 bits per heavy atom. The molecule has 1 amide bonds. The summed E-state index contributed by atoms with van der Waals surface area (Å²) < 4.78 is 0. The van der Waals surface area contributed by atoms with Crippen LogP contribution in [0.2, 0.25) is 0 Å². The summed E-state index contributed by atoms with van der Waals surface area (Å²) in [6.07, 6.45) is 9.44. The third kappa shape index (κ3) is 3.47. The van der Waals surface area contributed by atoms with E-state index in [1.807, 2.05) is 49.5 Å². The molecule has 0 aliphatic heterocycles. The molecule has 2 nitrogen and oxygen atoms in total. The molecule has 0 fully saturated rings. The van der Waals surface area contributed by atoms with Gasteiger partial charge in [0.25, 0.3) is 0 Å². The summed E-state index contributed by atoms with van der Waals surface area (Å²) in [5.41, 5.74) is 2.33. The summed E-state index contributed by atoms with van der Waals surface area (Å²) >= 11 is 0. The SMILES string of the molecule is C=C/C=C/N(Cc1ccccc1)C(=O)[C@H]1CCC=C1C. The van der Waals surface area contributed by atoms with E-state index in [0.717, 1.165) is 18.4 Å². The van der Waals surface area contributed by atoms with Gasteiger partial charge in [-0.1, -0.05) is 54.6 Å². The van der Waals surface area contributed by atoms with Crippen molar-refractivity contribution in [3.05, 3.63) is 72.5 Å². The molecule has 104 valence electrons. The van der Waals surface area contributed by atoms with Crippen LogP contribution in [0.25, 0.3) is 0 Å². The van der Waals surface area contributed by atoms with E-state index in [9.17, 15) is 4.79 Å². The zero-order valence-corrected chi connectivity index (χ0v) is 12.0. The first-order valence-electron chi connectivity index (χ1n) is 7.02. The summed E-state index contributed by atoms with van der Waals surface area (Å²) in [6.45, 7) is 6.33. The van der Waals surface area contributed by atoms with Gasteiger partial charge in [0.15, 0.2) is 0 Å². The molecule has 20 heavy (non-hydrogen) atoms. The fraction of sp³-hybridized carbons (Fsp3) is 0.278. The van der Waals surface area contributed by atoms with Gasteiger partial charge in [-0.15, -0.1) is 0 Å². The lowest BCUT2D eigenvalue weighted by Crippen LogP contribution is -2.31. The van der Waals surface area contributed by atoms with E-state index in [-0.39, 0.29) is 11.8 Å². The molecular formula is C18H21NO. The van der Waals surface area contributed by atoms with Crippen molar-refractivity contribution in [3.63, 3.8) is 0 Å². The van der Waals surface area contributed by atoms with Gasteiger partial charge in [-0.25, -0.2) is 0 Å². The standard InChI is InChI=1S/C18H21NO/c1-3-4-13-19(14-16-10-6-5-7-11-16)18(20)17-12-8-9-15(17)2/h3-7,9-11,13,17H,1,8,12,14H2,2H3/b13-4+/t17-/m0/s1. The Labute approximate surface area is 121 Å². The van der Waals surface area contributed by atoms with E-state index >= 15 is 0 Å². The van der Waals surface area contributed by atoms with Crippen molar-refractivity contribution in [2.24, 2.45) is 5.92 Å². The van der Waals surface area contributed by atoms with Crippen LogP contribution >= 0.6 is 0 Å². The lowest BCUT2D eigenvalue weighted by atomic mass is 10.0. The lowest BCUT2D eigenvalue weighted by molar-refractivity contribution is -0.132. The van der Waals surface area contributed by atoms with Gasteiger partial charge in [-0.2, -0.15) is 0 Å². The third-order valence-electron chi connectivity index (χ3n) is 3.65. The summed E-state index contributed by atoms with van der Waals surface area (Å²) in [4.78, 5) is 14.5. The highest BCUT2D eigenvalue weighted by Crippen LogP contribution is 2.27. The maximum absolute atomic E-state index is 12.7. The van der Waals surface area contributed by atoms with Gasteiger partial charge in [0.1, 0.15) is 0 Å². The molecule has 1 aliphatic carbocycles. The fourth-order valence-electron chi connectivity index (χ4n) is 2.51. The molecule has 0 heterocycles. The molecule has 0 aromatic heterocycles. The van der Waals surface area contributed by atoms with Crippen molar-refractivity contribution >= 4 is 5.91 Å². The third-order valence-corrected chi connectivity index (χ3v) is 3.65. The van der Waals surface area contributed by atoms with Crippen LogP contribution in [-0.4, -0.2) is 10.8 Å². The Morgan fingerprint density at radius 1 is 1.40 bits per heavy atom. The van der Waals surface area contributed by atoms with Gasteiger partial charge in [0.05, 0.1) is 12.5 Å². The average Bonchev–Trinajstić information content (AvgIpc) is 2.90. The highest BCUT2D eigenvalue weighted by atomic mass is 16.2. The summed E-state index contributed by atoms with van der Waals surface area (Å²) in [5, 5.41) is 0. The number of nitrogens with zero attached hydrogens (tertiary/aromatic N) is 1. The van der Waals surface area contributed by atoms with Crippen LogP contribution in [0.5, 0.6) is 0 Å². The summed E-state index contributed by atoms with van der Waals surface area (Å²) in [5.74, 6) is 0.214. The normalized spacial score (nSPS) is 18.1.